The Morgan fingerprint density at radius 2 is 1.46 bits per heavy atom. The summed E-state index contributed by atoms with van der Waals surface area (Å²) >= 11 is 0. The molecular formula is C25H18F6N6O2. The molecule has 2 aromatic heterocycles. The first-order chi connectivity index (χ1) is 18.3. The molecule has 0 aliphatic heterocycles. The highest BCUT2D eigenvalue weighted by atomic mass is 19.4. The van der Waals surface area contributed by atoms with Gasteiger partial charge in [0.05, 0.1) is 29.2 Å². The monoisotopic (exact) mass is 548 g/mol. The second-order valence-corrected chi connectivity index (χ2v) is 8.14. The van der Waals surface area contributed by atoms with E-state index in [9.17, 15) is 31.1 Å². The highest BCUT2D eigenvalue weighted by molar-refractivity contribution is 6.00. The van der Waals surface area contributed by atoms with Crippen LogP contribution in [0.3, 0.4) is 0 Å². The number of amides is 2. The van der Waals surface area contributed by atoms with Crippen LogP contribution >= 0.6 is 0 Å². The van der Waals surface area contributed by atoms with Crippen molar-refractivity contribution in [3.05, 3.63) is 83.8 Å². The van der Waals surface area contributed by atoms with E-state index in [-0.39, 0.29) is 34.5 Å². The van der Waals surface area contributed by atoms with Gasteiger partial charge in [-0.3, -0.25) is 0 Å². The first-order valence-corrected chi connectivity index (χ1v) is 11.0. The molecule has 4 aromatic rings. The number of alkyl halides is 6. The van der Waals surface area contributed by atoms with Crippen LogP contribution in [0.5, 0.6) is 11.8 Å². The van der Waals surface area contributed by atoms with Gasteiger partial charge in [-0.2, -0.15) is 26.3 Å². The molecule has 202 valence electrons. The Morgan fingerprint density at radius 1 is 0.821 bits per heavy atom. The van der Waals surface area contributed by atoms with Crippen molar-refractivity contribution in [3.63, 3.8) is 0 Å². The summed E-state index contributed by atoms with van der Waals surface area (Å²) in [6.07, 6.45) is -6.06. The quantitative estimate of drug-likeness (QED) is 0.234. The van der Waals surface area contributed by atoms with Crippen LogP contribution in [0.2, 0.25) is 0 Å². The number of pyridine rings is 1. The van der Waals surface area contributed by atoms with E-state index in [4.69, 9.17) is 10.5 Å². The van der Waals surface area contributed by atoms with Gasteiger partial charge in [-0.1, -0.05) is 18.2 Å². The third-order valence-electron chi connectivity index (χ3n) is 5.32. The smallest absolute Gasteiger partial charge is 0.417 e. The Labute approximate surface area is 216 Å². The maximum Gasteiger partial charge on any atom is 0.417 e. The second kappa shape index (κ2) is 10.5. The number of halogens is 6. The molecule has 4 N–H and O–H groups in total. The van der Waals surface area contributed by atoms with Crippen LogP contribution in [0.25, 0.3) is 11.1 Å². The molecule has 8 nitrogen and oxygen atoms in total. The molecule has 0 spiro atoms. The van der Waals surface area contributed by atoms with E-state index in [1.54, 1.807) is 6.92 Å². The van der Waals surface area contributed by atoms with Gasteiger partial charge in [-0.15, -0.1) is 0 Å². The molecule has 0 aliphatic rings. The first kappa shape index (κ1) is 27.2. The lowest BCUT2D eigenvalue weighted by molar-refractivity contribution is -0.138. The van der Waals surface area contributed by atoms with Gasteiger partial charge in [0.1, 0.15) is 11.6 Å². The zero-order valence-electron chi connectivity index (χ0n) is 19.9. The fourth-order valence-corrected chi connectivity index (χ4v) is 3.32. The minimum Gasteiger partial charge on any atom is -0.424 e. The number of carbonyl (C=O) groups excluding carboxylic acids is 1. The van der Waals surface area contributed by atoms with Crippen LogP contribution in [0.4, 0.5) is 48.3 Å². The molecule has 2 heterocycles. The first-order valence-electron chi connectivity index (χ1n) is 11.0. The number of rotatable bonds is 5. The SMILES string of the molecule is Cc1ccc(C(F)(F)F)cc1NC(=O)Nc1cnc(Oc2ccc(-c3cc(C(F)(F)F)cnc3N)cc2)nc1. The molecule has 0 saturated carbocycles. The number of benzene rings is 2. The third kappa shape index (κ3) is 6.71. The van der Waals surface area contributed by atoms with Gasteiger partial charge < -0.3 is 21.1 Å². The van der Waals surface area contributed by atoms with Crippen LogP contribution in [0, 0.1) is 6.92 Å². The molecule has 0 unspecified atom stereocenters. The molecule has 2 amide bonds. The molecule has 0 saturated heterocycles. The Bertz CT molecular complexity index is 1490. The standard InChI is InChI=1S/C25H18F6N6O2/c1-13-2-5-15(24(26,27)28)9-20(13)37-22(38)36-17-11-34-23(35-12-17)39-18-6-3-14(4-7-18)19-8-16(25(29,30)31)10-33-21(19)32/h2-12H,1H3,(H2,32,33)(H2,36,37,38). The summed E-state index contributed by atoms with van der Waals surface area (Å²) in [6, 6.07) is 8.87. The Kier molecular flexibility index (Phi) is 7.29. The number of nitrogens with one attached hydrogen (secondary N) is 2. The predicted octanol–water partition coefficient (Wildman–Crippen LogP) is 6.90. The zero-order chi connectivity index (χ0) is 28.4. The number of hydrogen-bond acceptors (Lipinski definition) is 6. The van der Waals surface area contributed by atoms with Crippen molar-refractivity contribution in [3.8, 4) is 22.9 Å². The van der Waals surface area contributed by atoms with Crippen LogP contribution in [-0.4, -0.2) is 21.0 Å². The van der Waals surface area contributed by atoms with E-state index in [1.807, 2.05) is 0 Å². The lowest BCUT2D eigenvalue weighted by atomic mass is 10.0. The van der Waals surface area contributed by atoms with Gasteiger partial charge in [0, 0.05) is 17.4 Å². The number of nitrogens with zero attached hydrogens (tertiary/aromatic N) is 3. The molecule has 0 radical (unpaired) electrons. The van der Waals surface area contributed by atoms with Crippen molar-refractivity contribution in [1.29, 1.82) is 0 Å². The van der Waals surface area contributed by atoms with Crippen LogP contribution in [0.1, 0.15) is 16.7 Å². The number of nitrogen functional groups attached to an aromatic ring is 1. The number of ether oxygens (including phenoxy) is 1. The Balaban J connectivity index is 1.39. The summed E-state index contributed by atoms with van der Waals surface area (Å²) in [5.41, 5.74) is 4.91. The van der Waals surface area contributed by atoms with Gasteiger partial charge in [0.15, 0.2) is 0 Å². The summed E-state index contributed by atoms with van der Waals surface area (Å²) in [4.78, 5) is 23.8. The lowest BCUT2D eigenvalue weighted by Crippen LogP contribution is -2.20. The van der Waals surface area contributed by atoms with E-state index in [1.165, 1.54) is 42.7 Å². The van der Waals surface area contributed by atoms with E-state index in [0.717, 1.165) is 18.2 Å². The fourth-order valence-electron chi connectivity index (χ4n) is 3.32. The average Bonchev–Trinajstić information content (AvgIpc) is 2.86. The average molecular weight is 548 g/mol. The van der Waals surface area contributed by atoms with Gasteiger partial charge >= 0.3 is 24.4 Å². The maximum atomic E-state index is 13.0. The lowest BCUT2D eigenvalue weighted by Gasteiger charge is -2.13. The van der Waals surface area contributed by atoms with Gasteiger partial charge in [0.2, 0.25) is 0 Å². The minimum atomic E-state index is -4.57. The van der Waals surface area contributed by atoms with Crippen molar-refractivity contribution in [2.24, 2.45) is 0 Å². The van der Waals surface area contributed by atoms with E-state index < -0.39 is 29.5 Å². The summed E-state index contributed by atoms with van der Waals surface area (Å²) < 4.78 is 83.4. The summed E-state index contributed by atoms with van der Waals surface area (Å²) in [5.74, 6) is 0.186. The van der Waals surface area contributed by atoms with Crippen molar-refractivity contribution >= 4 is 23.2 Å². The molecule has 39 heavy (non-hydrogen) atoms. The molecule has 4 rings (SSSR count). The summed E-state index contributed by atoms with van der Waals surface area (Å²) in [7, 11) is 0. The van der Waals surface area contributed by atoms with E-state index in [2.05, 4.69) is 25.6 Å². The number of urea groups is 1. The summed E-state index contributed by atoms with van der Waals surface area (Å²) in [5, 5.41) is 4.75. The molecule has 0 atom stereocenters. The minimum absolute atomic E-state index is 0.0192. The number of aryl methyl sites for hydroxylation is 1. The molecular weight excluding hydrogens is 530 g/mol. The number of anilines is 3. The van der Waals surface area contributed by atoms with E-state index in [0.29, 0.717) is 17.3 Å². The highest BCUT2D eigenvalue weighted by Crippen LogP contribution is 2.35. The van der Waals surface area contributed by atoms with Gasteiger partial charge in [0.25, 0.3) is 0 Å². The second-order valence-electron chi connectivity index (χ2n) is 8.14. The predicted molar refractivity (Wildman–Crippen MR) is 130 cm³/mol. The molecule has 0 fully saturated rings. The largest absolute Gasteiger partial charge is 0.424 e. The van der Waals surface area contributed by atoms with Crippen molar-refractivity contribution in [1.82, 2.24) is 15.0 Å². The van der Waals surface area contributed by atoms with Gasteiger partial charge in [-0.05, 0) is 48.4 Å². The normalized spacial score (nSPS) is 11.7. The molecule has 2 aromatic carbocycles. The fraction of sp³-hybridized carbons (Fsp3) is 0.120. The highest BCUT2D eigenvalue weighted by Gasteiger charge is 2.32. The van der Waals surface area contributed by atoms with Crippen LogP contribution < -0.4 is 21.1 Å². The number of hydrogen-bond donors (Lipinski definition) is 3. The van der Waals surface area contributed by atoms with E-state index >= 15 is 0 Å². The van der Waals surface area contributed by atoms with Crippen LogP contribution in [-0.2, 0) is 12.4 Å². The van der Waals surface area contributed by atoms with Crippen molar-refractivity contribution in [2.45, 2.75) is 19.3 Å². The zero-order valence-corrected chi connectivity index (χ0v) is 19.9. The molecule has 0 bridgehead atoms. The molecule has 14 heteroatoms. The number of aromatic nitrogens is 3. The number of carbonyl (C=O) groups is 1. The maximum absolute atomic E-state index is 13.0. The Hall–Kier alpha value is -4.88. The molecule has 0 aliphatic carbocycles. The number of nitrogens with two attached hydrogens (primary N) is 1. The van der Waals surface area contributed by atoms with Crippen LogP contribution in [0.15, 0.2) is 67.1 Å². The van der Waals surface area contributed by atoms with Crippen molar-refractivity contribution in [2.75, 3.05) is 16.4 Å². The topological polar surface area (TPSA) is 115 Å². The van der Waals surface area contributed by atoms with Gasteiger partial charge in [-0.25, -0.2) is 19.7 Å². The summed E-state index contributed by atoms with van der Waals surface area (Å²) in [6.45, 7) is 1.54. The third-order valence-corrected chi connectivity index (χ3v) is 5.32. The Morgan fingerprint density at radius 3 is 2.08 bits per heavy atom. The van der Waals surface area contributed by atoms with Crippen molar-refractivity contribution < 1.29 is 35.9 Å².